The molecule has 186 valence electrons. The minimum Gasteiger partial charge on any atom is -0.494 e. The highest BCUT2D eigenvalue weighted by atomic mass is 19.1. The van der Waals surface area contributed by atoms with E-state index in [1.807, 2.05) is 0 Å². The fourth-order valence-electron chi connectivity index (χ4n) is 4.15. The molecule has 0 spiro atoms. The number of hydrogen-bond acceptors (Lipinski definition) is 7. The van der Waals surface area contributed by atoms with E-state index in [2.05, 4.69) is 25.7 Å². The van der Waals surface area contributed by atoms with Crippen molar-refractivity contribution in [2.45, 2.75) is 18.5 Å². The number of nitrogens with one attached hydrogen (secondary N) is 2. The van der Waals surface area contributed by atoms with Crippen LogP contribution in [-0.4, -0.2) is 52.0 Å². The average molecular weight is 495 g/mol. The molecule has 2 aromatic carbocycles. The Bertz CT molecular complexity index is 1420. The standard InChI is InChI=1S/C25H24F2N6O3/c1-33-12-16(10-29-33)23(14-3-4-22(35-2)20(27)7-14)32-24(34)15-8-19(26)18-11-28-25(31-21(18)9-15)30-17-5-6-36-13-17/h3-4,7-12,17,23H,5-6,13H2,1-2H3,(H,32,34)(H,28,30,31)/t17-,23?/m0/s1. The van der Waals surface area contributed by atoms with Crippen molar-refractivity contribution in [2.75, 3.05) is 25.6 Å². The van der Waals surface area contributed by atoms with Crippen molar-refractivity contribution < 1.29 is 23.0 Å². The Morgan fingerprint density at radius 3 is 2.75 bits per heavy atom. The zero-order valence-corrected chi connectivity index (χ0v) is 19.7. The Hall–Kier alpha value is -4.12. The van der Waals surface area contributed by atoms with Crippen LogP contribution in [0.1, 0.15) is 33.9 Å². The summed E-state index contributed by atoms with van der Waals surface area (Å²) in [6, 6.07) is 6.39. The van der Waals surface area contributed by atoms with Crippen LogP contribution in [0, 0.1) is 11.6 Å². The predicted molar refractivity (Wildman–Crippen MR) is 128 cm³/mol. The molecule has 0 bridgehead atoms. The molecule has 0 saturated carbocycles. The SMILES string of the molecule is COc1ccc(C(NC(=O)c2cc(F)c3cnc(N[C@H]4CCOC4)nc3c2)c2cnn(C)c2)cc1F. The lowest BCUT2D eigenvalue weighted by atomic mass is 10.0. The molecule has 2 N–H and O–H groups in total. The number of aryl methyl sites for hydroxylation is 1. The van der Waals surface area contributed by atoms with E-state index in [1.54, 1.807) is 30.2 Å². The summed E-state index contributed by atoms with van der Waals surface area (Å²) < 4.78 is 41.3. The molecule has 11 heteroatoms. The summed E-state index contributed by atoms with van der Waals surface area (Å²) in [4.78, 5) is 21.9. The molecule has 3 heterocycles. The van der Waals surface area contributed by atoms with Gasteiger partial charge in [-0.25, -0.2) is 18.7 Å². The Kier molecular flexibility index (Phi) is 6.47. The molecular weight excluding hydrogens is 470 g/mol. The van der Waals surface area contributed by atoms with Crippen LogP contribution in [0.15, 0.2) is 48.9 Å². The van der Waals surface area contributed by atoms with Crippen molar-refractivity contribution in [3.8, 4) is 5.75 Å². The van der Waals surface area contributed by atoms with E-state index in [9.17, 15) is 13.6 Å². The number of carbonyl (C=O) groups excluding carboxylic acids is 1. The summed E-state index contributed by atoms with van der Waals surface area (Å²) in [5.41, 5.74) is 1.45. The van der Waals surface area contributed by atoms with Crippen LogP contribution < -0.4 is 15.4 Å². The molecule has 36 heavy (non-hydrogen) atoms. The van der Waals surface area contributed by atoms with Crippen molar-refractivity contribution in [2.24, 2.45) is 7.05 Å². The first-order valence-electron chi connectivity index (χ1n) is 11.3. The van der Waals surface area contributed by atoms with Crippen molar-refractivity contribution in [3.05, 3.63) is 77.2 Å². The lowest BCUT2D eigenvalue weighted by Crippen LogP contribution is -2.29. The van der Waals surface area contributed by atoms with E-state index in [4.69, 9.17) is 9.47 Å². The highest BCUT2D eigenvalue weighted by Crippen LogP contribution is 2.27. The smallest absolute Gasteiger partial charge is 0.252 e. The summed E-state index contributed by atoms with van der Waals surface area (Å²) >= 11 is 0. The van der Waals surface area contributed by atoms with Crippen LogP contribution in [0.2, 0.25) is 0 Å². The second-order valence-corrected chi connectivity index (χ2v) is 8.54. The highest BCUT2D eigenvalue weighted by molar-refractivity contribution is 5.98. The lowest BCUT2D eigenvalue weighted by molar-refractivity contribution is 0.0942. The third kappa shape index (κ3) is 4.82. The molecule has 2 atom stereocenters. The number of anilines is 1. The van der Waals surface area contributed by atoms with Crippen LogP contribution in [0.5, 0.6) is 5.75 Å². The first-order chi connectivity index (χ1) is 17.4. The first kappa shape index (κ1) is 23.6. The molecule has 1 unspecified atom stereocenters. The number of amides is 1. The molecule has 0 radical (unpaired) electrons. The van der Waals surface area contributed by atoms with Crippen molar-refractivity contribution >= 4 is 22.8 Å². The quantitative estimate of drug-likeness (QED) is 0.406. The minimum absolute atomic E-state index is 0.0664. The van der Waals surface area contributed by atoms with Crippen LogP contribution in [-0.2, 0) is 11.8 Å². The summed E-state index contributed by atoms with van der Waals surface area (Å²) in [6.45, 7) is 1.19. The summed E-state index contributed by atoms with van der Waals surface area (Å²) in [7, 11) is 3.11. The number of methoxy groups -OCH3 is 1. The summed E-state index contributed by atoms with van der Waals surface area (Å²) in [6.07, 6.45) is 5.49. The third-order valence-electron chi connectivity index (χ3n) is 6.02. The number of ether oxygens (including phenoxy) is 2. The van der Waals surface area contributed by atoms with Gasteiger partial charge in [0.25, 0.3) is 5.91 Å². The van der Waals surface area contributed by atoms with Crippen LogP contribution in [0.25, 0.3) is 10.9 Å². The molecule has 1 aliphatic heterocycles. The van der Waals surface area contributed by atoms with Gasteiger partial charge in [0.15, 0.2) is 11.6 Å². The van der Waals surface area contributed by atoms with Crippen LogP contribution in [0.3, 0.4) is 0 Å². The van der Waals surface area contributed by atoms with E-state index in [-0.39, 0.29) is 28.3 Å². The molecule has 1 aliphatic rings. The number of benzene rings is 2. The molecule has 0 aliphatic carbocycles. The molecule has 2 aromatic heterocycles. The third-order valence-corrected chi connectivity index (χ3v) is 6.02. The van der Waals surface area contributed by atoms with Gasteiger partial charge < -0.3 is 20.1 Å². The van der Waals surface area contributed by atoms with E-state index in [0.717, 1.165) is 12.5 Å². The highest BCUT2D eigenvalue weighted by Gasteiger charge is 2.22. The molecule has 1 fully saturated rings. The van der Waals surface area contributed by atoms with E-state index < -0.39 is 23.6 Å². The fraction of sp³-hybridized carbons (Fsp3) is 0.280. The van der Waals surface area contributed by atoms with Gasteiger partial charge in [-0.15, -0.1) is 0 Å². The number of aromatic nitrogens is 4. The van der Waals surface area contributed by atoms with E-state index in [1.165, 1.54) is 31.5 Å². The zero-order chi connectivity index (χ0) is 25.2. The maximum Gasteiger partial charge on any atom is 0.252 e. The first-order valence-corrected chi connectivity index (χ1v) is 11.3. The van der Waals surface area contributed by atoms with Gasteiger partial charge >= 0.3 is 0 Å². The molecule has 4 aromatic rings. The van der Waals surface area contributed by atoms with Gasteiger partial charge in [-0.05, 0) is 36.2 Å². The predicted octanol–water partition coefficient (Wildman–Crippen LogP) is 3.37. The number of fused-ring (bicyclic) bond motifs is 1. The van der Waals surface area contributed by atoms with Gasteiger partial charge in [0.05, 0.1) is 42.9 Å². The minimum atomic E-state index is -0.740. The van der Waals surface area contributed by atoms with Gasteiger partial charge in [-0.3, -0.25) is 9.48 Å². The van der Waals surface area contributed by atoms with Gasteiger partial charge in [0.2, 0.25) is 5.95 Å². The van der Waals surface area contributed by atoms with Gasteiger partial charge in [0, 0.05) is 37.2 Å². The largest absolute Gasteiger partial charge is 0.494 e. The number of carbonyl (C=O) groups is 1. The normalized spacial score (nSPS) is 16.2. The summed E-state index contributed by atoms with van der Waals surface area (Å²) in [5.74, 6) is -1.34. The summed E-state index contributed by atoms with van der Waals surface area (Å²) in [5, 5.41) is 10.4. The Morgan fingerprint density at radius 2 is 2.06 bits per heavy atom. The van der Waals surface area contributed by atoms with Gasteiger partial charge in [0.1, 0.15) is 5.82 Å². The molecular formula is C25H24F2N6O3. The zero-order valence-electron chi connectivity index (χ0n) is 19.7. The van der Waals surface area contributed by atoms with Crippen LogP contribution >= 0.6 is 0 Å². The fourth-order valence-corrected chi connectivity index (χ4v) is 4.15. The molecule has 9 nitrogen and oxygen atoms in total. The van der Waals surface area contributed by atoms with Crippen molar-refractivity contribution in [1.29, 1.82) is 0 Å². The Balaban J connectivity index is 1.46. The van der Waals surface area contributed by atoms with Gasteiger partial charge in [-0.1, -0.05) is 6.07 Å². The Labute approximate surface area is 205 Å². The van der Waals surface area contributed by atoms with Crippen LogP contribution in [0.4, 0.5) is 14.7 Å². The number of nitrogens with zero attached hydrogens (tertiary/aromatic N) is 4. The van der Waals surface area contributed by atoms with Crippen molar-refractivity contribution in [1.82, 2.24) is 25.1 Å². The maximum atomic E-state index is 14.9. The average Bonchev–Trinajstić information content (AvgIpc) is 3.53. The van der Waals surface area contributed by atoms with Crippen molar-refractivity contribution in [3.63, 3.8) is 0 Å². The monoisotopic (exact) mass is 494 g/mol. The lowest BCUT2D eigenvalue weighted by Gasteiger charge is -2.19. The second kappa shape index (κ2) is 9.86. The van der Waals surface area contributed by atoms with Gasteiger partial charge in [-0.2, -0.15) is 5.10 Å². The molecule has 1 amide bonds. The molecule has 5 rings (SSSR count). The second-order valence-electron chi connectivity index (χ2n) is 8.54. The number of halogens is 2. The van der Waals surface area contributed by atoms with E-state index in [0.29, 0.717) is 30.3 Å². The number of hydrogen-bond donors (Lipinski definition) is 2. The topological polar surface area (TPSA) is 103 Å². The molecule has 1 saturated heterocycles. The maximum absolute atomic E-state index is 14.9. The van der Waals surface area contributed by atoms with E-state index >= 15 is 0 Å². The Morgan fingerprint density at radius 1 is 1.19 bits per heavy atom. The number of rotatable bonds is 7.